The summed E-state index contributed by atoms with van der Waals surface area (Å²) >= 11 is 1.62. The van der Waals surface area contributed by atoms with Crippen molar-refractivity contribution in [3.63, 3.8) is 0 Å². The molecule has 0 saturated heterocycles. The van der Waals surface area contributed by atoms with Gasteiger partial charge in [-0.05, 0) is 23.6 Å². The van der Waals surface area contributed by atoms with E-state index in [1.165, 1.54) is 5.56 Å². The minimum Gasteiger partial charge on any atom is -0.339 e. The molecule has 6 nitrogen and oxygen atoms in total. The van der Waals surface area contributed by atoms with Crippen molar-refractivity contribution in [3.8, 4) is 11.4 Å². The highest BCUT2D eigenvalue weighted by atomic mass is 32.1. The van der Waals surface area contributed by atoms with Crippen LogP contribution in [0.2, 0.25) is 0 Å². The fraction of sp³-hybridized carbons (Fsp3) is 0.304. The van der Waals surface area contributed by atoms with Crippen LogP contribution < -0.4 is 0 Å². The van der Waals surface area contributed by atoms with E-state index in [-0.39, 0.29) is 5.91 Å². The number of amides is 1. The second-order valence-corrected chi connectivity index (χ2v) is 8.73. The first-order chi connectivity index (χ1) is 14.5. The largest absolute Gasteiger partial charge is 0.339 e. The van der Waals surface area contributed by atoms with Gasteiger partial charge in [0.05, 0.1) is 16.8 Å². The number of rotatable bonds is 7. The first-order valence-electron chi connectivity index (χ1n) is 10.0. The Morgan fingerprint density at radius 3 is 2.60 bits per heavy atom. The molecule has 7 heteroatoms. The topological polar surface area (TPSA) is 72.1 Å². The Kier molecular flexibility index (Phi) is 5.90. The number of hydrogen-bond donors (Lipinski definition) is 0. The zero-order chi connectivity index (χ0) is 21.1. The predicted octanol–water partition coefficient (Wildman–Crippen LogP) is 5.06. The Labute approximate surface area is 179 Å². The Morgan fingerprint density at radius 1 is 1.10 bits per heavy atom. The predicted molar refractivity (Wildman–Crippen MR) is 118 cm³/mol. The number of hydrogen-bond acceptors (Lipinski definition) is 6. The van der Waals surface area contributed by atoms with Crippen molar-refractivity contribution in [3.05, 3.63) is 65.0 Å². The van der Waals surface area contributed by atoms with Gasteiger partial charge in [-0.25, -0.2) is 4.98 Å². The molecule has 4 rings (SSSR count). The minimum absolute atomic E-state index is 0.0234. The van der Waals surface area contributed by atoms with Crippen LogP contribution in [0.15, 0.2) is 53.1 Å². The van der Waals surface area contributed by atoms with Gasteiger partial charge in [0.25, 0.3) is 0 Å². The first kappa shape index (κ1) is 20.2. The van der Waals surface area contributed by atoms with E-state index in [1.807, 2.05) is 36.4 Å². The summed E-state index contributed by atoms with van der Waals surface area (Å²) in [5.74, 6) is 1.52. The van der Waals surface area contributed by atoms with Crippen molar-refractivity contribution in [2.24, 2.45) is 0 Å². The normalized spacial score (nSPS) is 11.3. The first-order valence-corrected chi connectivity index (χ1v) is 10.8. The molecule has 0 N–H and O–H groups in total. The van der Waals surface area contributed by atoms with Gasteiger partial charge in [-0.3, -0.25) is 4.79 Å². The van der Waals surface area contributed by atoms with Crippen LogP contribution in [0.4, 0.5) is 0 Å². The van der Waals surface area contributed by atoms with Crippen LogP contribution in [0, 0.1) is 0 Å². The smallest absolute Gasteiger partial charge is 0.227 e. The van der Waals surface area contributed by atoms with Crippen LogP contribution in [0.5, 0.6) is 0 Å². The number of fused-ring (bicyclic) bond motifs is 1. The van der Waals surface area contributed by atoms with Crippen molar-refractivity contribution in [1.82, 2.24) is 20.0 Å². The molecule has 0 fully saturated rings. The Balaban J connectivity index is 1.33. The van der Waals surface area contributed by atoms with E-state index in [0.29, 0.717) is 37.0 Å². The van der Waals surface area contributed by atoms with E-state index in [4.69, 9.17) is 4.52 Å². The Morgan fingerprint density at radius 2 is 1.87 bits per heavy atom. The third kappa shape index (κ3) is 4.57. The van der Waals surface area contributed by atoms with E-state index in [1.54, 1.807) is 23.3 Å². The molecule has 1 amide bonds. The molecule has 0 aliphatic rings. The molecule has 2 heterocycles. The Hall–Kier alpha value is -3.06. The van der Waals surface area contributed by atoms with Gasteiger partial charge in [-0.2, -0.15) is 4.98 Å². The maximum absolute atomic E-state index is 12.5. The fourth-order valence-corrected chi connectivity index (χ4v) is 4.20. The van der Waals surface area contributed by atoms with E-state index in [9.17, 15) is 4.79 Å². The minimum atomic E-state index is 0.0234. The molecule has 0 saturated carbocycles. The quantitative estimate of drug-likeness (QED) is 0.418. The lowest BCUT2D eigenvalue weighted by molar-refractivity contribution is -0.130. The lowest BCUT2D eigenvalue weighted by Crippen LogP contribution is -2.26. The van der Waals surface area contributed by atoms with E-state index in [0.717, 1.165) is 20.8 Å². The molecule has 154 valence electrons. The number of para-hydroxylation sites is 1. The van der Waals surface area contributed by atoms with Crippen molar-refractivity contribution >= 4 is 27.5 Å². The molecule has 0 spiro atoms. The zero-order valence-corrected chi connectivity index (χ0v) is 18.1. The Bertz CT molecular complexity index is 1110. The highest BCUT2D eigenvalue weighted by molar-refractivity contribution is 7.18. The lowest BCUT2D eigenvalue weighted by Gasteiger charge is -2.14. The van der Waals surface area contributed by atoms with Gasteiger partial charge in [0.1, 0.15) is 5.01 Å². The van der Waals surface area contributed by atoms with Crippen LogP contribution in [0.25, 0.3) is 21.6 Å². The van der Waals surface area contributed by atoms with Crippen LogP contribution in [0.3, 0.4) is 0 Å². The molecule has 0 unspecified atom stereocenters. The van der Waals surface area contributed by atoms with Crippen molar-refractivity contribution in [2.75, 3.05) is 7.05 Å². The van der Waals surface area contributed by atoms with Gasteiger partial charge in [-0.15, -0.1) is 11.3 Å². The average molecular weight is 421 g/mol. The van der Waals surface area contributed by atoms with Crippen molar-refractivity contribution in [2.45, 2.75) is 39.2 Å². The monoisotopic (exact) mass is 420 g/mol. The lowest BCUT2D eigenvalue weighted by atomic mass is 10.0. The van der Waals surface area contributed by atoms with E-state index < -0.39 is 0 Å². The molecule has 4 aromatic rings. The van der Waals surface area contributed by atoms with Gasteiger partial charge in [0, 0.05) is 25.5 Å². The molecule has 2 aromatic carbocycles. The van der Waals surface area contributed by atoms with Crippen molar-refractivity contribution < 1.29 is 9.32 Å². The van der Waals surface area contributed by atoms with Crippen LogP contribution >= 0.6 is 11.3 Å². The van der Waals surface area contributed by atoms with Crippen molar-refractivity contribution in [1.29, 1.82) is 0 Å². The molecule has 0 aliphatic carbocycles. The number of thiazole rings is 1. The molecular weight excluding hydrogens is 396 g/mol. The summed E-state index contributed by atoms with van der Waals surface area (Å²) in [4.78, 5) is 23.3. The molecule has 2 aromatic heterocycles. The van der Waals surface area contributed by atoms with Gasteiger partial charge in [0.15, 0.2) is 0 Å². The summed E-state index contributed by atoms with van der Waals surface area (Å²) in [5.41, 5.74) is 3.15. The third-order valence-electron chi connectivity index (χ3n) is 4.99. The van der Waals surface area contributed by atoms with Crippen LogP contribution in [0.1, 0.15) is 42.6 Å². The second-order valence-electron chi connectivity index (χ2n) is 7.61. The molecule has 30 heavy (non-hydrogen) atoms. The molecule has 0 atom stereocenters. The maximum atomic E-state index is 12.5. The summed E-state index contributed by atoms with van der Waals surface area (Å²) < 4.78 is 6.48. The molecule has 0 radical (unpaired) electrons. The number of benzene rings is 2. The highest BCUT2D eigenvalue weighted by Crippen LogP contribution is 2.23. The SMILES string of the molecule is CC(C)c1ccc(-c2noc(CCC(=O)N(C)Cc3nc4ccccc4s3)n2)cc1. The fourth-order valence-electron chi connectivity index (χ4n) is 3.17. The number of nitrogens with zero attached hydrogens (tertiary/aromatic N) is 4. The standard InChI is InChI=1S/C23H24N4O2S/c1-15(2)16-8-10-17(11-9-16)23-25-20(29-26-23)12-13-22(28)27(3)14-21-24-18-6-4-5-7-19(18)30-21/h4-11,15H,12-14H2,1-3H3. The molecular formula is C23H24N4O2S. The van der Waals surface area contributed by atoms with Gasteiger partial charge >= 0.3 is 0 Å². The summed E-state index contributed by atoms with van der Waals surface area (Å²) in [6.07, 6.45) is 0.732. The summed E-state index contributed by atoms with van der Waals surface area (Å²) in [6, 6.07) is 16.2. The summed E-state index contributed by atoms with van der Waals surface area (Å²) in [7, 11) is 1.80. The van der Waals surface area contributed by atoms with Gasteiger partial charge in [0.2, 0.25) is 17.6 Å². The zero-order valence-electron chi connectivity index (χ0n) is 17.3. The number of carbonyl (C=O) groups is 1. The summed E-state index contributed by atoms with van der Waals surface area (Å²) in [5, 5.41) is 4.98. The molecule has 0 aliphatic heterocycles. The van der Waals surface area contributed by atoms with Crippen LogP contribution in [-0.4, -0.2) is 33.0 Å². The average Bonchev–Trinajstić information content (AvgIpc) is 3.38. The molecule has 0 bridgehead atoms. The van der Waals surface area contributed by atoms with Crippen LogP contribution in [-0.2, 0) is 17.8 Å². The second kappa shape index (κ2) is 8.75. The number of carbonyl (C=O) groups excluding carboxylic acids is 1. The van der Waals surface area contributed by atoms with E-state index >= 15 is 0 Å². The highest BCUT2D eigenvalue weighted by Gasteiger charge is 2.15. The van der Waals surface area contributed by atoms with E-state index in [2.05, 4.69) is 41.1 Å². The number of aromatic nitrogens is 3. The number of aryl methyl sites for hydroxylation is 1. The third-order valence-corrected chi connectivity index (χ3v) is 6.01. The summed E-state index contributed by atoms with van der Waals surface area (Å²) in [6.45, 7) is 4.81. The van der Waals surface area contributed by atoms with Gasteiger partial charge in [-0.1, -0.05) is 55.4 Å². The van der Waals surface area contributed by atoms with Gasteiger partial charge < -0.3 is 9.42 Å². The maximum Gasteiger partial charge on any atom is 0.227 e.